The minimum atomic E-state index is -2.95. The van der Waals surface area contributed by atoms with Gasteiger partial charge in [0.1, 0.15) is 9.84 Å². The van der Waals surface area contributed by atoms with Crippen LogP contribution in [0.15, 0.2) is 0 Å². The largest absolute Gasteiger partial charge is 0.374 e. The van der Waals surface area contributed by atoms with Gasteiger partial charge in [-0.15, -0.1) is 0 Å². The molecular formula is C13H27NO3S. The summed E-state index contributed by atoms with van der Waals surface area (Å²) in [6.07, 6.45) is 5.89. The van der Waals surface area contributed by atoms with Crippen LogP contribution in [0.25, 0.3) is 0 Å². The van der Waals surface area contributed by atoms with Crippen molar-refractivity contribution in [3.63, 3.8) is 0 Å². The second-order valence-corrected chi connectivity index (χ2v) is 7.97. The second-order valence-electron chi connectivity index (χ2n) is 5.71. The van der Waals surface area contributed by atoms with E-state index < -0.39 is 9.84 Å². The lowest BCUT2D eigenvalue weighted by Gasteiger charge is -2.43. The van der Waals surface area contributed by atoms with E-state index in [1.54, 1.807) is 0 Å². The van der Waals surface area contributed by atoms with Gasteiger partial charge in [0.2, 0.25) is 0 Å². The van der Waals surface area contributed by atoms with E-state index in [1.165, 1.54) is 6.26 Å². The van der Waals surface area contributed by atoms with Crippen molar-refractivity contribution in [2.45, 2.75) is 57.6 Å². The summed E-state index contributed by atoms with van der Waals surface area (Å²) in [4.78, 5) is 0. The van der Waals surface area contributed by atoms with Gasteiger partial charge in [0.25, 0.3) is 0 Å². The number of hydrogen-bond acceptors (Lipinski definition) is 4. The van der Waals surface area contributed by atoms with Crippen LogP contribution in [-0.4, -0.2) is 38.7 Å². The van der Waals surface area contributed by atoms with E-state index >= 15 is 0 Å². The van der Waals surface area contributed by atoms with Crippen molar-refractivity contribution in [2.24, 2.45) is 11.7 Å². The van der Waals surface area contributed by atoms with Gasteiger partial charge < -0.3 is 10.5 Å². The minimum absolute atomic E-state index is 0.151. The maximum atomic E-state index is 11.2. The van der Waals surface area contributed by atoms with Crippen LogP contribution in [0.5, 0.6) is 0 Å². The minimum Gasteiger partial charge on any atom is -0.374 e. The van der Waals surface area contributed by atoms with Gasteiger partial charge in [-0.2, -0.15) is 0 Å². The maximum absolute atomic E-state index is 11.2. The molecule has 0 bridgehead atoms. The van der Waals surface area contributed by atoms with Crippen LogP contribution in [-0.2, 0) is 14.6 Å². The topological polar surface area (TPSA) is 69.4 Å². The first-order valence-corrected chi connectivity index (χ1v) is 8.92. The van der Waals surface area contributed by atoms with E-state index in [0.717, 1.165) is 31.6 Å². The summed E-state index contributed by atoms with van der Waals surface area (Å²) in [5.41, 5.74) is 5.93. The van der Waals surface area contributed by atoms with Crippen molar-refractivity contribution < 1.29 is 13.2 Å². The Morgan fingerprint density at radius 2 is 1.94 bits per heavy atom. The number of ether oxygens (including phenoxy) is 1. The molecule has 1 fully saturated rings. The first-order valence-electron chi connectivity index (χ1n) is 6.86. The lowest BCUT2D eigenvalue weighted by molar-refractivity contribution is -0.0889. The van der Waals surface area contributed by atoms with E-state index in [2.05, 4.69) is 6.92 Å². The van der Waals surface area contributed by atoms with E-state index in [0.29, 0.717) is 13.0 Å². The summed E-state index contributed by atoms with van der Waals surface area (Å²) in [7, 11) is -2.95. The molecule has 0 aromatic rings. The summed E-state index contributed by atoms with van der Waals surface area (Å²) in [5.74, 6) is 0.874. The Morgan fingerprint density at radius 3 is 2.39 bits per heavy atom. The molecule has 18 heavy (non-hydrogen) atoms. The Bertz CT molecular complexity index is 345. The van der Waals surface area contributed by atoms with Crippen LogP contribution in [0.3, 0.4) is 0 Å². The first kappa shape index (κ1) is 15.9. The number of hydrogen-bond donors (Lipinski definition) is 1. The molecule has 2 N–H and O–H groups in total. The molecule has 1 unspecified atom stereocenters. The molecule has 0 saturated heterocycles. The van der Waals surface area contributed by atoms with Crippen LogP contribution >= 0.6 is 0 Å². The third kappa shape index (κ3) is 4.52. The Morgan fingerprint density at radius 1 is 1.39 bits per heavy atom. The standard InChI is InChI=1S/C13H27NO3S/c1-4-17-13(8-5-11(2)6-9-13)12(14)7-10-18(3,15)16/h11-12H,4-10,14H2,1-3H3. The SMILES string of the molecule is CCOC1(C(N)CCS(C)(=O)=O)CCC(C)CC1. The molecule has 0 aliphatic heterocycles. The Balaban J connectivity index is 2.65. The second kappa shape index (κ2) is 6.35. The molecule has 0 amide bonds. The zero-order valence-electron chi connectivity index (χ0n) is 11.8. The fraction of sp³-hybridized carbons (Fsp3) is 1.00. The third-order valence-corrected chi connectivity index (χ3v) is 5.01. The zero-order chi connectivity index (χ0) is 13.8. The predicted octanol–water partition coefficient (Wildman–Crippen LogP) is 1.73. The van der Waals surface area contributed by atoms with E-state index in [9.17, 15) is 8.42 Å². The van der Waals surface area contributed by atoms with Gasteiger partial charge in [-0.05, 0) is 44.9 Å². The van der Waals surface area contributed by atoms with Crippen LogP contribution in [0.4, 0.5) is 0 Å². The molecule has 1 aliphatic rings. The van der Waals surface area contributed by atoms with E-state index in [1.807, 2.05) is 6.92 Å². The predicted molar refractivity (Wildman–Crippen MR) is 74.3 cm³/mol. The summed E-state index contributed by atoms with van der Waals surface area (Å²) < 4.78 is 28.4. The molecule has 1 aliphatic carbocycles. The van der Waals surface area contributed by atoms with Gasteiger partial charge in [-0.25, -0.2) is 8.42 Å². The summed E-state index contributed by atoms with van der Waals surface area (Å²) >= 11 is 0. The fourth-order valence-corrected chi connectivity index (χ4v) is 3.45. The van der Waals surface area contributed by atoms with Crippen LogP contribution < -0.4 is 5.73 Å². The highest BCUT2D eigenvalue weighted by Crippen LogP contribution is 2.37. The number of rotatable bonds is 6. The normalized spacial score (nSPS) is 31.2. The lowest BCUT2D eigenvalue weighted by atomic mass is 9.75. The highest BCUT2D eigenvalue weighted by Gasteiger charge is 2.40. The highest BCUT2D eigenvalue weighted by molar-refractivity contribution is 7.90. The van der Waals surface area contributed by atoms with Crippen molar-refractivity contribution in [1.29, 1.82) is 0 Å². The molecule has 1 rings (SSSR count). The highest BCUT2D eigenvalue weighted by atomic mass is 32.2. The van der Waals surface area contributed by atoms with E-state index in [4.69, 9.17) is 10.5 Å². The smallest absolute Gasteiger partial charge is 0.147 e. The molecular weight excluding hydrogens is 250 g/mol. The maximum Gasteiger partial charge on any atom is 0.147 e. The molecule has 0 aromatic heterocycles. The fourth-order valence-electron chi connectivity index (χ4n) is 2.76. The van der Waals surface area contributed by atoms with Crippen molar-refractivity contribution in [3.05, 3.63) is 0 Å². The molecule has 4 nitrogen and oxygen atoms in total. The van der Waals surface area contributed by atoms with Gasteiger partial charge in [0.15, 0.2) is 0 Å². The molecule has 1 atom stereocenters. The average molecular weight is 277 g/mol. The van der Waals surface area contributed by atoms with Crippen LogP contribution in [0.2, 0.25) is 0 Å². The molecule has 1 saturated carbocycles. The zero-order valence-corrected chi connectivity index (χ0v) is 12.6. The Labute approximate surface area is 111 Å². The van der Waals surface area contributed by atoms with Gasteiger partial charge in [0.05, 0.1) is 11.4 Å². The van der Waals surface area contributed by atoms with Crippen molar-refractivity contribution in [1.82, 2.24) is 0 Å². The van der Waals surface area contributed by atoms with Crippen molar-refractivity contribution in [3.8, 4) is 0 Å². The van der Waals surface area contributed by atoms with Gasteiger partial charge in [-0.3, -0.25) is 0 Å². The summed E-state index contributed by atoms with van der Waals surface area (Å²) in [6, 6.07) is -0.181. The molecule has 108 valence electrons. The molecule has 0 spiro atoms. The molecule has 0 aromatic carbocycles. The molecule has 0 heterocycles. The number of nitrogens with two attached hydrogens (primary N) is 1. The van der Waals surface area contributed by atoms with Crippen LogP contribution in [0.1, 0.15) is 46.0 Å². The number of sulfone groups is 1. The Hall–Kier alpha value is -0.130. The van der Waals surface area contributed by atoms with Gasteiger partial charge in [0, 0.05) is 18.9 Å². The van der Waals surface area contributed by atoms with E-state index in [-0.39, 0.29) is 17.4 Å². The summed E-state index contributed by atoms with van der Waals surface area (Å²) in [5, 5.41) is 0. The van der Waals surface area contributed by atoms with Gasteiger partial charge in [-0.1, -0.05) is 6.92 Å². The lowest BCUT2D eigenvalue weighted by Crippen LogP contribution is -2.52. The summed E-state index contributed by atoms with van der Waals surface area (Å²) in [6.45, 7) is 4.86. The van der Waals surface area contributed by atoms with Gasteiger partial charge >= 0.3 is 0 Å². The Kier molecular flexibility index (Phi) is 5.62. The monoisotopic (exact) mass is 277 g/mol. The first-order chi connectivity index (χ1) is 8.29. The quantitative estimate of drug-likeness (QED) is 0.803. The van der Waals surface area contributed by atoms with Crippen molar-refractivity contribution >= 4 is 9.84 Å². The molecule has 5 heteroatoms. The average Bonchev–Trinajstić information content (AvgIpc) is 2.28. The van der Waals surface area contributed by atoms with Crippen molar-refractivity contribution in [2.75, 3.05) is 18.6 Å². The van der Waals surface area contributed by atoms with Crippen LogP contribution in [0, 0.1) is 5.92 Å². The third-order valence-electron chi connectivity index (χ3n) is 4.03. The molecule has 0 radical (unpaired) electrons.